The first-order valence-corrected chi connectivity index (χ1v) is 8.81. The van der Waals surface area contributed by atoms with Crippen molar-refractivity contribution < 1.29 is 4.79 Å². The summed E-state index contributed by atoms with van der Waals surface area (Å²) in [6.45, 7) is 8.23. The molecule has 1 unspecified atom stereocenters. The molecule has 1 atom stereocenters. The Morgan fingerprint density at radius 3 is 2.61 bits per heavy atom. The van der Waals surface area contributed by atoms with Crippen LogP contribution < -0.4 is 10.6 Å². The lowest BCUT2D eigenvalue weighted by molar-refractivity contribution is -0.122. The van der Waals surface area contributed by atoms with Crippen molar-refractivity contribution in [2.24, 2.45) is 16.3 Å². The molecule has 6 heteroatoms. The molecule has 1 saturated carbocycles. The van der Waals surface area contributed by atoms with Gasteiger partial charge in [0.1, 0.15) is 0 Å². The highest BCUT2D eigenvalue weighted by atomic mass is 127. The van der Waals surface area contributed by atoms with Crippen LogP contribution in [0, 0.1) is 11.3 Å². The van der Waals surface area contributed by atoms with Crippen LogP contribution in [0.5, 0.6) is 0 Å². The SMILES string of the molecule is CCCC1(C)CCCN(C(=NC)NCCNC(=O)C2CC2)C1.I. The number of guanidine groups is 1. The normalized spacial score (nSPS) is 24.8. The van der Waals surface area contributed by atoms with Crippen molar-refractivity contribution in [2.45, 2.75) is 52.4 Å². The molecule has 0 spiro atoms. The summed E-state index contributed by atoms with van der Waals surface area (Å²) in [5, 5.41) is 6.38. The van der Waals surface area contributed by atoms with Gasteiger partial charge in [-0.3, -0.25) is 9.79 Å². The largest absolute Gasteiger partial charge is 0.354 e. The molecule has 0 bridgehead atoms. The molecule has 1 saturated heterocycles. The molecule has 2 aliphatic rings. The van der Waals surface area contributed by atoms with Gasteiger partial charge in [-0.15, -0.1) is 24.0 Å². The van der Waals surface area contributed by atoms with Crippen LogP contribution in [-0.4, -0.2) is 50.0 Å². The van der Waals surface area contributed by atoms with E-state index in [-0.39, 0.29) is 35.8 Å². The molecule has 1 amide bonds. The zero-order chi connectivity index (χ0) is 16.0. The Kier molecular flexibility index (Phi) is 8.64. The van der Waals surface area contributed by atoms with Crippen LogP contribution in [0.15, 0.2) is 4.99 Å². The Balaban J connectivity index is 0.00000264. The lowest BCUT2D eigenvalue weighted by atomic mass is 9.78. The number of nitrogens with one attached hydrogen (secondary N) is 2. The van der Waals surface area contributed by atoms with Gasteiger partial charge in [0, 0.05) is 39.1 Å². The Morgan fingerprint density at radius 2 is 2.00 bits per heavy atom. The highest BCUT2D eigenvalue weighted by Crippen LogP contribution is 2.33. The van der Waals surface area contributed by atoms with Gasteiger partial charge in [0.2, 0.25) is 5.91 Å². The summed E-state index contributed by atoms with van der Waals surface area (Å²) in [7, 11) is 1.84. The zero-order valence-electron chi connectivity index (χ0n) is 14.9. The minimum atomic E-state index is 0. The van der Waals surface area contributed by atoms with Gasteiger partial charge in [0.15, 0.2) is 5.96 Å². The molecule has 1 aliphatic heterocycles. The molecule has 1 aliphatic carbocycles. The van der Waals surface area contributed by atoms with Gasteiger partial charge < -0.3 is 15.5 Å². The van der Waals surface area contributed by atoms with E-state index in [1.54, 1.807) is 0 Å². The highest BCUT2D eigenvalue weighted by molar-refractivity contribution is 14.0. The summed E-state index contributed by atoms with van der Waals surface area (Å²) < 4.78 is 0. The molecule has 2 N–H and O–H groups in total. The average molecular weight is 436 g/mol. The quantitative estimate of drug-likeness (QED) is 0.291. The van der Waals surface area contributed by atoms with Crippen molar-refractivity contribution in [3.63, 3.8) is 0 Å². The number of aliphatic imine (C=N–C) groups is 1. The van der Waals surface area contributed by atoms with E-state index >= 15 is 0 Å². The Labute approximate surface area is 158 Å². The van der Waals surface area contributed by atoms with E-state index in [9.17, 15) is 4.79 Å². The fourth-order valence-electron chi connectivity index (χ4n) is 3.49. The number of rotatable bonds is 6. The fraction of sp³-hybridized carbons (Fsp3) is 0.882. The van der Waals surface area contributed by atoms with E-state index in [1.807, 2.05) is 7.05 Å². The topological polar surface area (TPSA) is 56.7 Å². The van der Waals surface area contributed by atoms with E-state index in [4.69, 9.17) is 0 Å². The van der Waals surface area contributed by atoms with Crippen molar-refractivity contribution in [3.8, 4) is 0 Å². The summed E-state index contributed by atoms with van der Waals surface area (Å²) in [5.41, 5.74) is 0.408. The smallest absolute Gasteiger partial charge is 0.223 e. The number of hydrogen-bond acceptors (Lipinski definition) is 2. The van der Waals surface area contributed by atoms with E-state index in [2.05, 4.69) is 34.4 Å². The second-order valence-electron chi connectivity index (χ2n) is 7.13. The number of likely N-dealkylation sites (tertiary alicyclic amines) is 1. The fourth-order valence-corrected chi connectivity index (χ4v) is 3.49. The third kappa shape index (κ3) is 6.47. The number of nitrogens with zero attached hydrogens (tertiary/aromatic N) is 2. The van der Waals surface area contributed by atoms with Gasteiger partial charge in [-0.25, -0.2) is 0 Å². The van der Waals surface area contributed by atoms with Gasteiger partial charge in [0.05, 0.1) is 0 Å². The highest BCUT2D eigenvalue weighted by Gasteiger charge is 2.31. The Morgan fingerprint density at radius 1 is 1.30 bits per heavy atom. The first-order valence-electron chi connectivity index (χ1n) is 8.81. The summed E-state index contributed by atoms with van der Waals surface area (Å²) in [6.07, 6.45) is 7.18. The van der Waals surface area contributed by atoms with Crippen LogP contribution in [-0.2, 0) is 4.79 Å². The van der Waals surface area contributed by atoms with Crippen molar-refractivity contribution in [1.82, 2.24) is 15.5 Å². The average Bonchev–Trinajstić information content (AvgIpc) is 3.31. The van der Waals surface area contributed by atoms with Gasteiger partial charge >= 0.3 is 0 Å². The number of amides is 1. The van der Waals surface area contributed by atoms with Gasteiger partial charge in [0.25, 0.3) is 0 Å². The third-order valence-electron chi connectivity index (χ3n) is 4.80. The molecule has 1 heterocycles. The van der Waals surface area contributed by atoms with Crippen LogP contribution in [0.4, 0.5) is 0 Å². The minimum Gasteiger partial charge on any atom is -0.354 e. The maximum Gasteiger partial charge on any atom is 0.223 e. The van der Waals surface area contributed by atoms with Crippen LogP contribution >= 0.6 is 24.0 Å². The van der Waals surface area contributed by atoms with Crippen molar-refractivity contribution >= 4 is 35.8 Å². The maximum atomic E-state index is 11.6. The zero-order valence-corrected chi connectivity index (χ0v) is 17.2. The molecule has 23 heavy (non-hydrogen) atoms. The molecule has 5 nitrogen and oxygen atoms in total. The van der Waals surface area contributed by atoms with Crippen molar-refractivity contribution in [3.05, 3.63) is 0 Å². The molecular formula is C17H33IN4O. The van der Waals surface area contributed by atoms with Crippen LogP contribution in [0.1, 0.15) is 52.4 Å². The predicted octanol–water partition coefficient (Wildman–Crippen LogP) is 2.61. The van der Waals surface area contributed by atoms with Crippen molar-refractivity contribution in [2.75, 3.05) is 33.2 Å². The monoisotopic (exact) mass is 436 g/mol. The number of carbonyl (C=O) groups excluding carboxylic acids is 1. The number of carbonyl (C=O) groups is 1. The second kappa shape index (κ2) is 9.69. The Hall–Kier alpha value is -0.530. The molecule has 0 aromatic carbocycles. The number of piperidine rings is 1. The Bertz CT molecular complexity index is 407. The first kappa shape index (κ1) is 20.5. The summed E-state index contributed by atoms with van der Waals surface area (Å²) in [5.74, 6) is 1.48. The van der Waals surface area contributed by atoms with Crippen molar-refractivity contribution in [1.29, 1.82) is 0 Å². The molecule has 0 aromatic rings. The van der Waals surface area contributed by atoms with Gasteiger partial charge in [-0.05, 0) is 37.5 Å². The molecule has 2 rings (SSSR count). The molecular weight excluding hydrogens is 403 g/mol. The third-order valence-corrected chi connectivity index (χ3v) is 4.80. The molecule has 0 aromatic heterocycles. The molecule has 134 valence electrons. The molecule has 2 fully saturated rings. The van der Waals surface area contributed by atoms with Gasteiger partial charge in [-0.1, -0.05) is 20.3 Å². The van der Waals surface area contributed by atoms with Crippen LogP contribution in [0.25, 0.3) is 0 Å². The van der Waals surface area contributed by atoms with E-state index in [0.29, 0.717) is 12.0 Å². The lowest BCUT2D eigenvalue weighted by Crippen LogP contribution is -2.50. The minimum absolute atomic E-state index is 0. The van der Waals surface area contributed by atoms with Crippen LogP contribution in [0.2, 0.25) is 0 Å². The summed E-state index contributed by atoms with van der Waals surface area (Å²) in [6, 6.07) is 0. The maximum absolute atomic E-state index is 11.6. The lowest BCUT2D eigenvalue weighted by Gasteiger charge is -2.42. The summed E-state index contributed by atoms with van der Waals surface area (Å²) >= 11 is 0. The van der Waals surface area contributed by atoms with E-state index < -0.39 is 0 Å². The van der Waals surface area contributed by atoms with Crippen LogP contribution in [0.3, 0.4) is 0 Å². The number of halogens is 1. The molecule has 0 radical (unpaired) electrons. The first-order chi connectivity index (χ1) is 10.6. The van der Waals surface area contributed by atoms with E-state index in [0.717, 1.165) is 38.4 Å². The second-order valence-corrected chi connectivity index (χ2v) is 7.13. The predicted molar refractivity (Wildman–Crippen MR) is 106 cm³/mol. The summed E-state index contributed by atoms with van der Waals surface area (Å²) in [4.78, 5) is 18.4. The standard InChI is InChI=1S/C17H32N4O.HI/c1-4-8-17(2)9-5-12-21(13-17)16(18-3)20-11-10-19-15(22)14-6-7-14;/h14H,4-13H2,1-3H3,(H,18,20)(H,19,22);1H. The number of hydrogen-bond donors (Lipinski definition) is 2. The van der Waals surface area contributed by atoms with Gasteiger partial charge in [-0.2, -0.15) is 0 Å². The van der Waals surface area contributed by atoms with E-state index in [1.165, 1.54) is 25.7 Å².